The highest BCUT2D eigenvalue weighted by atomic mass is 19.1. The predicted octanol–water partition coefficient (Wildman–Crippen LogP) is 2.45. The zero-order valence-electron chi connectivity index (χ0n) is 10.4. The Labute approximate surface area is 105 Å². The molecule has 0 unspecified atom stereocenters. The topological polar surface area (TPSA) is 66.8 Å². The van der Waals surface area contributed by atoms with E-state index < -0.39 is 17.4 Å². The Morgan fingerprint density at radius 1 is 1.39 bits per heavy atom. The zero-order valence-corrected chi connectivity index (χ0v) is 10.4. The molecule has 0 aliphatic rings. The van der Waals surface area contributed by atoms with Crippen molar-refractivity contribution in [2.45, 2.75) is 32.3 Å². The number of carbonyl (C=O) groups is 1. The van der Waals surface area contributed by atoms with Crippen LogP contribution in [0.15, 0.2) is 18.2 Å². The highest BCUT2D eigenvalue weighted by molar-refractivity contribution is 5.90. The summed E-state index contributed by atoms with van der Waals surface area (Å²) in [5.41, 5.74) is -1.24. The summed E-state index contributed by atoms with van der Waals surface area (Å²) >= 11 is 0. The maximum Gasteiger partial charge on any atom is 0.339 e. The molecule has 0 aliphatic carbocycles. The molecule has 4 nitrogen and oxygen atoms in total. The van der Waals surface area contributed by atoms with Crippen LogP contribution in [0, 0.1) is 5.82 Å². The third-order valence-corrected chi connectivity index (χ3v) is 2.98. The van der Waals surface area contributed by atoms with Gasteiger partial charge in [0, 0.05) is 0 Å². The van der Waals surface area contributed by atoms with Crippen molar-refractivity contribution in [1.29, 1.82) is 0 Å². The molecule has 0 radical (unpaired) electrons. The molecule has 0 atom stereocenters. The number of aromatic carboxylic acids is 1. The SMILES string of the molecule is CCC(O)(CC)COc1ccc(F)cc1C(=O)O. The van der Waals surface area contributed by atoms with Crippen LogP contribution >= 0.6 is 0 Å². The van der Waals surface area contributed by atoms with Crippen molar-refractivity contribution >= 4 is 5.97 Å². The Morgan fingerprint density at radius 3 is 2.50 bits per heavy atom. The van der Waals surface area contributed by atoms with Gasteiger partial charge in [0.2, 0.25) is 0 Å². The van der Waals surface area contributed by atoms with Crippen LogP contribution in [0.25, 0.3) is 0 Å². The van der Waals surface area contributed by atoms with Gasteiger partial charge < -0.3 is 14.9 Å². The number of carboxylic acids is 1. The molecule has 1 aromatic rings. The van der Waals surface area contributed by atoms with Gasteiger partial charge in [0.1, 0.15) is 23.7 Å². The van der Waals surface area contributed by atoms with Crippen LogP contribution in [0.5, 0.6) is 5.75 Å². The van der Waals surface area contributed by atoms with Gasteiger partial charge in [-0.2, -0.15) is 0 Å². The minimum atomic E-state index is -1.26. The second kappa shape index (κ2) is 5.82. The Morgan fingerprint density at radius 2 is 2.00 bits per heavy atom. The highest BCUT2D eigenvalue weighted by Gasteiger charge is 2.24. The molecule has 0 aromatic heterocycles. The van der Waals surface area contributed by atoms with Crippen LogP contribution in [0.4, 0.5) is 4.39 Å². The fourth-order valence-electron chi connectivity index (χ4n) is 1.46. The van der Waals surface area contributed by atoms with Crippen molar-refractivity contribution in [3.05, 3.63) is 29.6 Å². The molecule has 0 spiro atoms. The fourth-order valence-corrected chi connectivity index (χ4v) is 1.46. The van der Waals surface area contributed by atoms with Crippen molar-refractivity contribution in [3.63, 3.8) is 0 Å². The largest absolute Gasteiger partial charge is 0.490 e. The lowest BCUT2D eigenvalue weighted by atomic mass is 9.99. The maximum atomic E-state index is 12.9. The van der Waals surface area contributed by atoms with Crippen LogP contribution < -0.4 is 4.74 Å². The van der Waals surface area contributed by atoms with Gasteiger partial charge in [0.05, 0.1) is 5.60 Å². The number of hydrogen-bond acceptors (Lipinski definition) is 3. The molecule has 0 fully saturated rings. The summed E-state index contributed by atoms with van der Waals surface area (Å²) in [5.74, 6) is -1.84. The Balaban J connectivity index is 2.88. The van der Waals surface area contributed by atoms with Crippen LogP contribution in [0.3, 0.4) is 0 Å². The molecule has 0 saturated heterocycles. The zero-order chi connectivity index (χ0) is 13.8. The molecule has 0 aliphatic heterocycles. The smallest absolute Gasteiger partial charge is 0.339 e. The van der Waals surface area contributed by atoms with Crippen LogP contribution in [0.1, 0.15) is 37.0 Å². The second-order valence-electron chi connectivity index (χ2n) is 4.17. The van der Waals surface area contributed by atoms with Crippen LogP contribution in [-0.2, 0) is 0 Å². The Hall–Kier alpha value is -1.62. The van der Waals surface area contributed by atoms with E-state index in [0.717, 1.165) is 12.1 Å². The third-order valence-electron chi connectivity index (χ3n) is 2.98. The van der Waals surface area contributed by atoms with Gasteiger partial charge in [-0.25, -0.2) is 9.18 Å². The van der Waals surface area contributed by atoms with Crippen molar-refractivity contribution < 1.29 is 24.1 Å². The molecule has 100 valence electrons. The molecule has 0 heterocycles. The molecular weight excluding hydrogens is 239 g/mol. The standard InChI is InChI=1S/C13H17FO4/c1-3-13(17,4-2)8-18-11-6-5-9(14)7-10(11)12(15)16/h5-7,17H,3-4,8H2,1-2H3,(H,15,16). The number of ether oxygens (including phenoxy) is 1. The molecule has 0 amide bonds. The summed E-state index contributed by atoms with van der Waals surface area (Å²) in [6.45, 7) is 3.61. The van der Waals surface area contributed by atoms with Gasteiger partial charge in [-0.1, -0.05) is 13.8 Å². The highest BCUT2D eigenvalue weighted by Crippen LogP contribution is 2.23. The first kappa shape index (κ1) is 14.4. The molecule has 5 heteroatoms. The van der Waals surface area contributed by atoms with E-state index in [1.807, 2.05) is 13.8 Å². The Bertz CT molecular complexity index is 427. The maximum absolute atomic E-state index is 12.9. The van der Waals surface area contributed by atoms with E-state index in [1.165, 1.54) is 6.07 Å². The number of hydrogen-bond donors (Lipinski definition) is 2. The molecule has 0 bridgehead atoms. The summed E-state index contributed by atoms with van der Waals surface area (Å²) < 4.78 is 18.2. The van der Waals surface area contributed by atoms with Crippen molar-refractivity contribution in [1.82, 2.24) is 0 Å². The molecular formula is C13H17FO4. The normalized spacial score (nSPS) is 11.3. The van der Waals surface area contributed by atoms with Gasteiger partial charge in [-0.05, 0) is 31.0 Å². The number of benzene rings is 1. The summed E-state index contributed by atoms with van der Waals surface area (Å²) in [7, 11) is 0. The lowest BCUT2D eigenvalue weighted by Crippen LogP contribution is -2.34. The van der Waals surface area contributed by atoms with E-state index in [0.29, 0.717) is 12.8 Å². The average Bonchev–Trinajstić information content (AvgIpc) is 2.36. The monoisotopic (exact) mass is 256 g/mol. The first-order valence-corrected chi connectivity index (χ1v) is 5.80. The summed E-state index contributed by atoms with van der Waals surface area (Å²) in [4.78, 5) is 10.9. The van der Waals surface area contributed by atoms with Gasteiger partial charge in [-0.15, -0.1) is 0 Å². The summed E-state index contributed by atoms with van der Waals surface area (Å²) in [6.07, 6.45) is 0.986. The van der Waals surface area contributed by atoms with Gasteiger partial charge in [0.15, 0.2) is 0 Å². The van der Waals surface area contributed by atoms with Gasteiger partial charge in [-0.3, -0.25) is 0 Å². The van der Waals surface area contributed by atoms with E-state index in [1.54, 1.807) is 0 Å². The fraction of sp³-hybridized carbons (Fsp3) is 0.462. The van der Waals surface area contributed by atoms with Crippen molar-refractivity contribution in [3.8, 4) is 5.75 Å². The first-order chi connectivity index (χ1) is 8.41. The van der Waals surface area contributed by atoms with E-state index in [2.05, 4.69) is 0 Å². The molecule has 2 N–H and O–H groups in total. The number of halogens is 1. The quantitative estimate of drug-likeness (QED) is 0.820. The molecule has 0 saturated carbocycles. The molecule has 1 aromatic carbocycles. The number of aliphatic hydroxyl groups is 1. The second-order valence-corrected chi connectivity index (χ2v) is 4.17. The van der Waals surface area contributed by atoms with E-state index in [4.69, 9.17) is 9.84 Å². The van der Waals surface area contributed by atoms with Crippen molar-refractivity contribution in [2.24, 2.45) is 0 Å². The third kappa shape index (κ3) is 3.43. The summed E-state index contributed by atoms with van der Waals surface area (Å²) in [5, 5.41) is 19.0. The lowest BCUT2D eigenvalue weighted by Gasteiger charge is -2.25. The number of carboxylic acid groups (broad SMARTS) is 1. The molecule has 18 heavy (non-hydrogen) atoms. The van der Waals surface area contributed by atoms with E-state index in [9.17, 15) is 14.3 Å². The van der Waals surface area contributed by atoms with E-state index >= 15 is 0 Å². The average molecular weight is 256 g/mol. The van der Waals surface area contributed by atoms with Gasteiger partial charge in [0.25, 0.3) is 0 Å². The number of rotatable bonds is 6. The van der Waals surface area contributed by atoms with Crippen LogP contribution in [-0.4, -0.2) is 28.4 Å². The summed E-state index contributed by atoms with van der Waals surface area (Å²) in [6, 6.07) is 3.28. The lowest BCUT2D eigenvalue weighted by molar-refractivity contribution is -0.0117. The van der Waals surface area contributed by atoms with Gasteiger partial charge >= 0.3 is 5.97 Å². The molecule has 1 rings (SSSR count). The van der Waals surface area contributed by atoms with E-state index in [-0.39, 0.29) is 17.9 Å². The Kier molecular flexibility index (Phi) is 4.67. The van der Waals surface area contributed by atoms with Crippen molar-refractivity contribution in [2.75, 3.05) is 6.61 Å². The predicted molar refractivity (Wildman–Crippen MR) is 64.4 cm³/mol. The first-order valence-electron chi connectivity index (χ1n) is 5.80. The van der Waals surface area contributed by atoms with Crippen LogP contribution in [0.2, 0.25) is 0 Å². The minimum Gasteiger partial charge on any atom is -0.490 e. The minimum absolute atomic E-state index is 0.0219.